The van der Waals surface area contributed by atoms with Crippen LogP contribution in [-0.2, 0) is 14.3 Å². The second-order valence-corrected chi connectivity index (χ2v) is 8.05. The molecule has 0 saturated carbocycles. The first kappa shape index (κ1) is 20.8. The normalized spacial score (nSPS) is 16.8. The lowest BCUT2D eigenvalue weighted by molar-refractivity contribution is -0.128. The molecule has 2 aliphatic carbocycles. The number of hydrogen-bond donors (Lipinski definition) is 2. The zero-order valence-corrected chi connectivity index (χ0v) is 17.7. The first-order valence-corrected chi connectivity index (χ1v) is 10.5. The Morgan fingerprint density at radius 3 is 2.68 bits per heavy atom. The number of carbonyl (C=O) groups excluding carboxylic acids is 3. The maximum absolute atomic E-state index is 12.8. The molecule has 2 amide bonds. The van der Waals surface area contributed by atoms with Crippen LogP contribution in [-0.4, -0.2) is 28.9 Å². The third-order valence-corrected chi connectivity index (χ3v) is 5.81. The second-order valence-electron chi connectivity index (χ2n) is 8.05. The molecule has 1 aromatic heterocycles. The fourth-order valence-electron chi connectivity index (χ4n) is 4.36. The maximum Gasteiger partial charge on any atom is 0.339 e. The number of benzene rings is 1. The molecule has 31 heavy (non-hydrogen) atoms. The average Bonchev–Trinajstić information content (AvgIpc) is 3.10. The Bertz CT molecular complexity index is 1160. The molecule has 3 N–H and O–H groups in total. The van der Waals surface area contributed by atoms with E-state index in [1.807, 2.05) is 18.2 Å². The number of nitrogens with one attached hydrogen (secondary N) is 1. The summed E-state index contributed by atoms with van der Waals surface area (Å²) < 4.78 is 5.45. The molecule has 1 atom stereocenters. The van der Waals surface area contributed by atoms with Crippen molar-refractivity contribution in [3.05, 3.63) is 64.0 Å². The highest BCUT2D eigenvalue weighted by atomic mass is 16.5. The zero-order chi connectivity index (χ0) is 22.1. The summed E-state index contributed by atoms with van der Waals surface area (Å²) in [5.74, 6) is -1.63. The van der Waals surface area contributed by atoms with Gasteiger partial charge in [-0.2, -0.15) is 0 Å². The number of nitrogens with two attached hydrogens (primary N) is 1. The smallest absolute Gasteiger partial charge is 0.339 e. The lowest BCUT2D eigenvalue weighted by atomic mass is 9.91. The molecule has 7 nitrogen and oxygen atoms in total. The number of primary amides is 1. The van der Waals surface area contributed by atoms with Crippen LogP contribution in [0.3, 0.4) is 0 Å². The van der Waals surface area contributed by atoms with Gasteiger partial charge in [-0.05, 0) is 57.2 Å². The number of carbonyl (C=O) groups is 3. The van der Waals surface area contributed by atoms with E-state index < -0.39 is 23.9 Å². The minimum Gasteiger partial charge on any atom is -0.449 e. The van der Waals surface area contributed by atoms with Crippen molar-refractivity contribution < 1.29 is 19.1 Å². The van der Waals surface area contributed by atoms with Crippen LogP contribution < -0.4 is 11.1 Å². The van der Waals surface area contributed by atoms with E-state index in [0.29, 0.717) is 39.9 Å². The van der Waals surface area contributed by atoms with Crippen LogP contribution in [0.25, 0.3) is 10.9 Å². The van der Waals surface area contributed by atoms with Gasteiger partial charge in [-0.3, -0.25) is 14.6 Å². The summed E-state index contributed by atoms with van der Waals surface area (Å²) in [5.41, 5.74) is 10.4. The van der Waals surface area contributed by atoms with Gasteiger partial charge in [-0.15, -0.1) is 0 Å². The van der Waals surface area contributed by atoms with Crippen molar-refractivity contribution in [1.29, 1.82) is 0 Å². The van der Waals surface area contributed by atoms with Gasteiger partial charge < -0.3 is 15.8 Å². The van der Waals surface area contributed by atoms with E-state index in [4.69, 9.17) is 10.5 Å². The fraction of sp³-hybridized carbons (Fsp3) is 0.333. The number of aromatic nitrogens is 1. The maximum atomic E-state index is 12.8. The third-order valence-electron chi connectivity index (χ3n) is 5.81. The Morgan fingerprint density at radius 2 is 1.90 bits per heavy atom. The van der Waals surface area contributed by atoms with Crippen molar-refractivity contribution >= 4 is 28.7 Å². The number of amides is 2. The highest BCUT2D eigenvalue weighted by Gasteiger charge is 2.31. The summed E-state index contributed by atoms with van der Waals surface area (Å²) in [4.78, 5) is 42.0. The predicted molar refractivity (Wildman–Crippen MR) is 116 cm³/mol. The van der Waals surface area contributed by atoms with E-state index in [0.717, 1.165) is 31.3 Å². The number of ether oxygens (including phenoxy) is 1. The topological polar surface area (TPSA) is 111 Å². The molecule has 4 rings (SSSR count). The van der Waals surface area contributed by atoms with E-state index in [1.165, 1.54) is 12.5 Å². The van der Waals surface area contributed by atoms with Crippen LogP contribution in [0.5, 0.6) is 0 Å². The molecule has 0 bridgehead atoms. The number of pyridine rings is 1. The number of esters is 1. The lowest BCUT2D eigenvalue weighted by Gasteiger charge is -2.16. The molecule has 160 valence electrons. The van der Waals surface area contributed by atoms with Gasteiger partial charge in [-0.25, -0.2) is 4.79 Å². The van der Waals surface area contributed by atoms with Crippen LogP contribution >= 0.6 is 0 Å². The quantitative estimate of drug-likeness (QED) is 0.723. The van der Waals surface area contributed by atoms with Crippen molar-refractivity contribution in [3.63, 3.8) is 0 Å². The molecule has 2 aliphatic rings. The van der Waals surface area contributed by atoms with Crippen molar-refractivity contribution in [1.82, 2.24) is 10.3 Å². The Morgan fingerprint density at radius 1 is 1.16 bits per heavy atom. The number of aryl methyl sites for hydroxylation is 1. The SMILES string of the molecule is Cc1cc(C(=O)OC(C)C(=O)NC2=C(C(N)=O)C3=C(CCCC3)C2)c2ccccc2n1. The molecule has 0 saturated heterocycles. The lowest BCUT2D eigenvalue weighted by Crippen LogP contribution is -2.36. The Balaban J connectivity index is 1.50. The zero-order valence-electron chi connectivity index (χ0n) is 17.7. The fourth-order valence-corrected chi connectivity index (χ4v) is 4.36. The molecule has 7 heteroatoms. The predicted octanol–water partition coefficient (Wildman–Crippen LogP) is 3.22. The molecular formula is C24H25N3O4. The molecule has 0 spiro atoms. The van der Waals surface area contributed by atoms with Gasteiger partial charge in [0, 0.05) is 23.2 Å². The van der Waals surface area contributed by atoms with Crippen LogP contribution in [0, 0.1) is 6.92 Å². The summed E-state index contributed by atoms with van der Waals surface area (Å²) in [5, 5.41) is 3.44. The highest BCUT2D eigenvalue weighted by molar-refractivity contribution is 6.04. The van der Waals surface area contributed by atoms with Gasteiger partial charge >= 0.3 is 5.97 Å². The van der Waals surface area contributed by atoms with E-state index in [9.17, 15) is 14.4 Å². The first-order valence-electron chi connectivity index (χ1n) is 10.5. The minimum absolute atomic E-state index is 0.359. The molecule has 1 heterocycles. The largest absolute Gasteiger partial charge is 0.449 e. The van der Waals surface area contributed by atoms with Crippen molar-refractivity contribution in [2.75, 3.05) is 0 Å². The molecule has 1 aromatic carbocycles. The summed E-state index contributed by atoms with van der Waals surface area (Å²) in [6.07, 6.45) is 3.24. The number of allylic oxidation sites excluding steroid dienone is 1. The van der Waals surface area contributed by atoms with Crippen molar-refractivity contribution in [2.45, 2.75) is 52.1 Å². The average molecular weight is 419 g/mol. The molecular weight excluding hydrogens is 394 g/mol. The van der Waals surface area contributed by atoms with Gasteiger partial charge in [0.25, 0.3) is 11.8 Å². The standard InChI is InChI=1S/C24H25N3O4/c1-13-11-18(17-9-5-6-10-19(17)26-13)24(30)31-14(2)23(29)27-20-12-15-7-3-4-8-16(15)21(20)22(25)28/h5-6,9-11,14H,3-4,7-8,12H2,1-2H3,(H2,25,28)(H,27,29). The molecule has 0 aliphatic heterocycles. The number of para-hydroxylation sites is 1. The molecule has 1 unspecified atom stereocenters. The number of hydrogen-bond acceptors (Lipinski definition) is 5. The molecule has 0 fully saturated rings. The number of nitrogens with zero attached hydrogens (tertiary/aromatic N) is 1. The van der Waals surface area contributed by atoms with Gasteiger partial charge in [0.15, 0.2) is 6.10 Å². The van der Waals surface area contributed by atoms with Crippen molar-refractivity contribution in [2.24, 2.45) is 5.73 Å². The van der Waals surface area contributed by atoms with E-state index in [-0.39, 0.29) is 0 Å². The van der Waals surface area contributed by atoms with Crippen LogP contribution in [0.1, 0.15) is 55.1 Å². The van der Waals surface area contributed by atoms with Gasteiger partial charge in [-0.1, -0.05) is 23.8 Å². The third kappa shape index (κ3) is 4.08. The van der Waals surface area contributed by atoms with Gasteiger partial charge in [0.05, 0.1) is 16.7 Å². The van der Waals surface area contributed by atoms with Gasteiger partial charge in [0.2, 0.25) is 0 Å². The monoisotopic (exact) mass is 419 g/mol. The Kier molecular flexibility index (Phi) is 5.59. The summed E-state index contributed by atoms with van der Waals surface area (Å²) in [7, 11) is 0. The number of fused-ring (bicyclic) bond motifs is 1. The number of rotatable bonds is 5. The first-order chi connectivity index (χ1) is 14.8. The van der Waals surface area contributed by atoms with E-state index in [1.54, 1.807) is 19.1 Å². The molecule has 0 radical (unpaired) electrons. The Labute approximate surface area is 180 Å². The van der Waals surface area contributed by atoms with E-state index >= 15 is 0 Å². The van der Waals surface area contributed by atoms with E-state index in [2.05, 4.69) is 10.3 Å². The summed E-state index contributed by atoms with van der Waals surface area (Å²) in [6, 6.07) is 8.93. The van der Waals surface area contributed by atoms with Crippen LogP contribution in [0.2, 0.25) is 0 Å². The Hall–Kier alpha value is -3.48. The second kappa shape index (κ2) is 8.34. The van der Waals surface area contributed by atoms with Crippen LogP contribution in [0.15, 0.2) is 52.7 Å². The summed E-state index contributed by atoms with van der Waals surface area (Å²) in [6.45, 7) is 3.31. The summed E-state index contributed by atoms with van der Waals surface area (Å²) >= 11 is 0. The van der Waals surface area contributed by atoms with Gasteiger partial charge in [0.1, 0.15) is 0 Å². The highest BCUT2D eigenvalue weighted by Crippen LogP contribution is 2.40. The van der Waals surface area contributed by atoms with Crippen molar-refractivity contribution in [3.8, 4) is 0 Å². The molecule has 2 aromatic rings. The van der Waals surface area contributed by atoms with Crippen LogP contribution in [0.4, 0.5) is 0 Å². The minimum atomic E-state index is -1.04.